The van der Waals surface area contributed by atoms with Gasteiger partial charge in [-0.25, -0.2) is 0 Å². The fourth-order valence-electron chi connectivity index (χ4n) is 4.31. The van der Waals surface area contributed by atoms with E-state index >= 15 is 0 Å². The first-order valence-corrected chi connectivity index (χ1v) is 10.3. The Morgan fingerprint density at radius 3 is 2.52 bits per heavy atom. The summed E-state index contributed by atoms with van der Waals surface area (Å²) in [7, 11) is 0. The van der Waals surface area contributed by atoms with Crippen LogP contribution in [0.4, 0.5) is 0 Å². The van der Waals surface area contributed by atoms with Crippen molar-refractivity contribution in [3.8, 4) is 0 Å². The molecule has 2 aliphatic rings. The molecule has 1 unspecified atom stereocenters. The van der Waals surface area contributed by atoms with Crippen LogP contribution in [0.5, 0.6) is 0 Å². The molecular weight excluding hydrogens is 336 g/mol. The molecule has 1 aromatic heterocycles. The minimum absolute atomic E-state index is 0.0548. The van der Waals surface area contributed by atoms with Gasteiger partial charge in [0.05, 0.1) is 6.04 Å². The summed E-state index contributed by atoms with van der Waals surface area (Å²) in [4.78, 5) is 15.2. The highest BCUT2D eigenvalue weighted by Crippen LogP contribution is 2.34. The molecule has 1 aromatic carbocycles. The molecule has 4 rings (SSSR count). The van der Waals surface area contributed by atoms with Crippen LogP contribution in [0, 0.1) is 0 Å². The molecule has 0 bridgehead atoms. The molecule has 1 saturated heterocycles. The van der Waals surface area contributed by atoms with E-state index < -0.39 is 0 Å². The van der Waals surface area contributed by atoms with Crippen LogP contribution in [-0.2, 0) is 18.4 Å². The fraction of sp³-hybridized carbons (Fsp3) is 0.591. The zero-order valence-corrected chi connectivity index (χ0v) is 16.7. The molecule has 0 saturated carbocycles. The zero-order chi connectivity index (χ0) is 19.0. The Balaban J connectivity index is 1.58. The lowest BCUT2D eigenvalue weighted by Gasteiger charge is -2.25. The van der Waals surface area contributed by atoms with E-state index in [2.05, 4.69) is 47.7 Å². The predicted molar refractivity (Wildman–Crippen MR) is 106 cm³/mol. The quantitative estimate of drug-likeness (QED) is 0.797. The third-order valence-electron chi connectivity index (χ3n) is 5.95. The molecule has 0 spiro atoms. The molecule has 0 aliphatic carbocycles. The maximum absolute atomic E-state index is 13.2. The van der Waals surface area contributed by atoms with Gasteiger partial charge in [0.1, 0.15) is 5.82 Å². The molecule has 144 valence electrons. The topological polar surface area (TPSA) is 51.0 Å². The number of amides is 1. The minimum atomic E-state index is 0.0548. The van der Waals surface area contributed by atoms with E-state index in [1.807, 2.05) is 17.0 Å². The number of aromatic nitrogens is 3. The lowest BCUT2D eigenvalue weighted by Crippen LogP contribution is -2.32. The first-order valence-electron chi connectivity index (χ1n) is 10.3. The Morgan fingerprint density at radius 1 is 1.00 bits per heavy atom. The fourth-order valence-corrected chi connectivity index (χ4v) is 4.31. The molecule has 5 nitrogen and oxygen atoms in total. The number of rotatable bonds is 2. The first-order chi connectivity index (χ1) is 12.9. The Kier molecular flexibility index (Phi) is 4.79. The van der Waals surface area contributed by atoms with E-state index in [-0.39, 0.29) is 17.4 Å². The van der Waals surface area contributed by atoms with Gasteiger partial charge in [-0.15, -0.1) is 10.2 Å². The minimum Gasteiger partial charge on any atom is -0.328 e. The van der Waals surface area contributed by atoms with Crippen LogP contribution in [0.25, 0.3) is 0 Å². The summed E-state index contributed by atoms with van der Waals surface area (Å²) < 4.78 is 2.28. The van der Waals surface area contributed by atoms with Crippen molar-refractivity contribution in [1.29, 1.82) is 0 Å². The molecule has 0 radical (unpaired) electrons. The van der Waals surface area contributed by atoms with Gasteiger partial charge in [-0.3, -0.25) is 4.79 Å². The number of carbonyl (C=O) groups is 1. The maximum Gasteiger partial charge on any atom is 0.254 e. The standard InChI is InChI=1S/C22H30N4O/c1-22(2,3)17-12-10-16(11-13-17)21(27)25-15-7-8-18(25)20-24-23-19-9-5-4-6-14-26(19)20/h10-13,18H,4-9,14-15H2,1-3H3. The summed E-state index contributed by atoms with van der Waals surface area (Å²) in [6.07, 6.45) is 6.61. The van der Waals surface area contributed by atoms with Crippen molar-refractivity contribution in [3.05, 3.63) is 47.0 Å². The number of benzene rings is 1. The molecule has 3 heterocycles. The second kappa shape index (κ2) is 7.10. The number of carbonyl (C=O) groups excluding carboxylic acids is 1. The van der Waals surface area contributed by atoms with E-state index in [0.29, 0.717) is 0 Å². The van der Waals surface area contributed by atoms with Gasteiger partial charge in [0.2, 0.25) is 0 Å². The van der Waals surface area contributed by atoms with Crippen molar-refractivity contribution in [1.82, 2.24) is 19.7 Å². The number of hydrogen-bond acceptors (Lipinski definition) is 3. The van der Waals surface area contributed by atoms with E-state index in [0.717, 1.165) is 49.6 Å². The highest BCUT2D eigenvalue weighted by atomic mass is 16.2. The lowest BCUT2D eigenvalue weighted by molar-refractivity contribution is 0.0727. The van der Waals surface area contributed by atoms with Crippen molar-refractivity contribution in [2.24, 2.45) is 0 Å². The Morgan fingerprint density at radius 2 is 1.78 bits per heavy atom. The Bertz CT molecular complexity index is 816. The smallest absolute Gasteiger partial charge is 0.254 e. The van der Waals surface area contributed by atoms with Crippen LogP contribution in [0.1, 0.15) is 86.5 Å². The van der Waals surface area contributed by atoms with Crippen LogP contribution in [0.3, 0.4) is 0 Å². The van der Waals surface area contributed by atoms with Gasteiger partial charge in [-0.1, -0.05) is 39.3 Å². The third-order valence-corrected chi connectivity index (χ3v) is 5.95. The first kappa shape index (κ1) is 18.2. The Labute approximate surface area is 161 Å². The number of likely N-dealkylation sites (tertiary alicyclic amines) is 1. The molecule has 0 N–H and O–H groups in total. The molecular formula is C22H30N4O. The second-order valence-corrected chi connectivity index (χ2v) is 8.92. The zero-order valence-electron chi connectivity index (χ0n) is 16.7. The molecule has 1 amide bonds. The predicted octanol–water partition coefficient (Wildman–Crippen LogP) is 4.28. The molecule has 1 fully saturated rings. The van der Waals surface area contributed by atoms with Crippen LogP contribution in [0.15, 0.2) is 24.3 Å². The van der Waals surface area contributed by atoms with Crippen LogP contribution >= 0.6 is 0 Å². The van der Waals surface area contributed by atoms with E-state index in [9.17, 15) is 4.79 Å². The van der Waals surface area contributed by atoms with E-state index in [1.54, 1.807) is 0 Å². The van der Waals surface area contributed by atoms with Gasteiger partial charge < -0.3 is 9.47 Å². The number of nitrogens with zero attached hydrogens (tertiary/aromatic N) is 4. The normalized spacial score (nSPS) is 20.4. The average molecular weight is 367 g/mol. The van der Waals surface area contributed by atoms with Gasteiger partial charge >= 0.3 is 0 Å². The van der Waals surface area contributed by atoms with Crippen LogP contribution < -0.4 is 0 Å². The molecule has 2 aliphatic heterocycles. The molecule has 2 aromatic rings. The van der Waals surface area contributed by atoms with Gasteiger partial charge in [0.15, 0.2) is 5.82 Å². The molecule has 27 heavy (non-hydrogen) atoms. The second-order valence-electron chi connectivity index (χ2n) is 8.92. The summed E-state index contributed by atoms with van der Waals surface area (Å²) in [5.41, 5.74) is 2.11. The van der Waals surface area contributed by atoms with Crippen molar-refractivity contribution in [3.63, 3.8) is 0 Å². The highest BCUT2D eigenvalue weighted by molar-refractivity contribution is 5.94. The SMILES string of the molecule is CC(C)(C)c1ccc(C(=O)N2CCCC2c2nnc3n2CCCCC3)cc1. The van der Waals surface area contributed by atoms with Gasteiger partial charge in [0.25, 0.3) is 5.91 Å². The highest BCUT2D eigenvalue weighted by Gasteiger charge is 2.35. The number of aryl methyl sites for hydroxylation is 1. The largest absolute Gasteiger partial charge is 0.328 e. The van der Waals surface area contributed by atoms with Crippen LogP contribution in [-0.4, -0.2) is 32.1 Å². The molecule has 1 atom stereocenters. The van der Waals surface area contributed by atoms with Gasteiger partial charge in [0, 0.05) is 25.1 Å². The summed E-state index contributed by atoms with van der Waals surface area (Å²) in [6, 6.07) is 8.17. The van der Waals surface area contributed by atoms with E-state index in [1.165, 1.54) is 24.8 Å². The summed E-state index contributed by atoms with van der Waals surface area (Å²) in [6.45, 7) is 8.36. The number of hydrogen-bond donors (Lipinski definition) is 0. The summed E-state index contributed by atoms with van der Waals surface area (Å²) in [5, 5.41) is 8.95. The van der Waals surface area contributed by atoms with Crippen molar-refractivity contribution in [2.45, 2.75) is 77.3 Å². The van der Waals surface area contributed by atoms with Crippen molar-refractivity contribution < 1.29 is 4.79 Å². The van der Waals surface area contributed by atoms with E-state index in [4.69, 9.17) is 0 Å². The third kappa shape index (κ3) is 3.52. The molecule has 5 heteroatoms. The lowest BCUT2D eigenvalue weighted by atomic mass is 9.86. The monoisotopic (exact) mass is 366 g/mol. The maximum atomic E-state index is 13.2. The van der Waals surface area contributed by atoms with Crippen molar-refractivity contribution in [2.75, 3.05) is 6.54 Å². The summed E-state index contributed by atoms with van der Waals surface area (Å²) >= 11 is 0. The summed E-state index contributed by atoms with van der Waals surface area (Å²) in [5.74, 6) is 2.20. The van der Waals surface area contributed by atoms with Crippen LogP contribution in [0.2, 0.25) is 0 Å². The number of fused-ring (bicyclic) bond motifs is 1. The Hall–Kier alpha value is -2.17. The average Bonchev–Trinajstić information content (AvgIpc) is 3.21. The van der Waals surface area contributed by atoms with Gasteiger partial charge in [-0.05, 0) is 48.8 Å². The van der Waals surface area contributed by atoms with Gasteiger partial charge in [-0.2, -0.15) is 0 Å². The van der Waals surface area contributed by atoms with Crippen molar-refractivity contribution >= 4 is 5.91 Å².